The molecule has 0 unspecified atom stereocenters. The van der Waals surface area contributed by atoms with Crippen LogP contribution in [-0.2, 0) is 4.79 Å². The molecule has 1 N–H and O–H groups in total. The normalized spacial score (nSPS) is 10.2. The van der Waals surface area contributed by atoms with Gasteiger partial charge in [0.2, 0.25) is 0 Å². The number of benzene rings is 2. The van der Waals surface area contributed by atoms with Gasteiger partial charge in [-0.2, -0.15) is 4.98 Å². The summed E-state index contributed by atoms with van der Waals surface area (Å²) in [4.78, 5) is 15.9. The predicted octanol–water partition coefficient (Wildman–Crippen LogP) is 2.75. The maximum absolute atomic E-state index is 11.8. The zero-order valence-corrected chi connectivity index (χ0v) is 11.6. The van der Waals surface area contributed by atoms with Crippen molar-refractivity contribution in [3.63, 3.8) is 0 Å². The van der Waals surface area contributed by atoms with Crippen LogP contribution >= 0.6 is 0 Å². The number of rotatable bonds is 5. The highest BCUT2D eigenvalue weighted by Gasteiger charge is 2.11. The van der Waals surface area contributed by atoms with Crippen LogP contribution in [0, 0.1) is 0 Å². The molecule has 0 aliphatic heterocycles. The van der Waals surface area contributed by atoms with Crippen molar-refractivity contribution in [3.8, 4) is 17.2 Å². The van der Waals surface area contributed by atoms with Gasteiger partial charge in [0.1, 0.15) is 5.75 Å². The molecular weight excluding hydrogens is 282 g/mol. The first-order valence-corrected chi connectivity index (χ1v) is 6.68. The molecule has 3 rings (SSSR count). The molecule has 22 heavy (non-hydrogen) atoms. The zero-order valence-electron chi connectivity index (χ0n) is 11.6. The summed E-state index contributed by atoms with van der Waals surface area (Å²) in [6.45, 7) is -0.126. The monoisotopic (exact) mass is 295 g/mol. The summed E-state index contributed by atoms with van der Waals surface area (Å²) >= 11 is 0. The molecule has 3 aromatic rings. The third-order valence-corrected chi connectivity index (χ3v) is 2.81. The number of carbonyl (C=O) groups is 1. The molecule has 6 heteroatoms. The molecule has 0 radical (unpaired) electrons. The van der Waals surface area contributed by atoms with Crippen molar-refractivity contribution in [2.24, 2.45) is 0 Å². The SMILES string of the molecule is O=C(COc1ccccc1)Nc1noc(-c2ccccc2)n1. The van der Waals surface area contributed by atoms with Crippen LogP contribution in [0.5, 0.6) is 5.75 Å². The fraction of sp³-hybridized carbons (Fsp3) is 0.0625. The summed E-state index contributed by atoms with van der Waals surface area (Å²) in [6.07, 6.45) is 0. The molecule has 1 aromatic heterocycles. The number of nitrogens with zero attached hydrogens (tertiary/aromatic N) is 2. The maximum atomic E-state index is 11.8. The van der Waals surface area contributed by atoms with Gasteiger partial charge < -0.3 is 9.26 Å². The van der Waals surface area contributed by atoms with E-state index in [1.807, 2.05) is 48.5 Å². The molecule has 0 fully saturated rings. The highest BCUT2D eigenvalue weighted by molar-refractivity contribution is 5.90. The van der Waals surface area contributed by atoms with Crippen LogP contribution in [0.1, 0.15) is 0 Å². The van der Waals surface area contributed by atoms with Crippen LogP contribution in [-0.4, -0.2) is 22.7 Å². The second kappa shape index (κ2) is 6.53. The summed E-state index contributed by atoms with van der Waals surface area (Å²) in [6, 6.07) is 18.4. The van der Waals surface area contributed by atoms with Gasteiger partial charge in [-0.05, 0) is 29.4 Å². The summed E-state index contributed by atoms with van der Waals surface area (Å²) in [7, 11) is 0. The van der Waals surface area contributed by atoms with Crippen molar-refractivity contribution >= 4 is 11.9 Å². The predicted molar refractivity (Wildman–Crippen MR) is 80.3 cm³/mol. The summed E-state index contributed by atoms with van der Waals surface area (Å²) in [5, 5.41) is 6.24. The smallest absolute Gasteiger partial charge is 0.270 e. The topological polar surface area (TPSA) is 77.2 Å². The fourth-order valence-corrected chi connectivity index (χ4v) is 1.80. The van der Waals surface area contributed by atoms with Gasteiger partial charge in [-0.25, -0.2) is 0 Å². The number of carbonyl (C=O) groups excluding carboxylic acids is 1. The Morgan fingerprint density at radius 1 is 1.05 bits per heavy atom. The highest BCUT2D eigenvalue weighted by Crippen LogP contribution is 2.17. The molecule has 0 saturated carbocycles. The van der Waals surface area contributed by atoms with Crippen molar-refractivity contribution < 1.29 is 14.1 Å². The summed E-state index contributed by atoms with van der Waals surface area (Å²) in [5.74, 6) is 0.723. The minimum absolute atomic E-state index is 0.112. The van der Waals surface area contributed by atoms with E-state index in [0.717, 1.165) is 5.56 Å². The van der Waals surface area contributed by atoms with Crippen molar-refractivity contribution in [2.45, 2.75) is 0 Å². The number of ether oxygens (including phenoxy) is 1. The van der Waals surface area contributed by atoms with E-state index < -0.39 is 0 Å². The molecule has 0 spiro atoms. The molecule has 2 aromatic carbocycles. The van der Waals surface area contributed by atoms with Crippen LogP contribution in [0.4, 0.5) is 5.95 Å². The van der Waals surface area contributed by atoms with Gasteiger partial charge in [-0.15, -0.1) is 0 Å². The Bertz CT molecular complexity index is 742. The van der Waals surface area contributed by atoms with Crippen LogP contribution in [0.15, 0.2) is 65.2 Å². The Kier molecular flexibility index (Phi) is 4.10. The molecule has 110 valence electrons. The molecule has 0 aliphatic rings. The molecule has 0 atom stereocenters. The van der Waals surface area contributed by atoms with E-state index in [0.29, 0.717) is 11.6 Å². The average Bonchev–Trinajstić information content (AvgIpc) is 3.03. The van der Waals surface area contributed by atoms with Gasteiger partial charge in [0.15, 0.2) is 6.61 Å². The van der Waals surface area contributed by atoms with E-state index in [-0.39, 0.29) is 18.5 Å². The minimum atomic E-state index is -0.357. The first-order valence-electron chi connectivity index (χ1n) is 6.68. The average molecular weight is 295 g/mol. The fourth-order valence-electron chi connectivity index (χ4n) is 1.80. The number of amides is 1. The Labute approximate surface area is 126 Å². The first kappa shape index (κ1) is 13.8. The molecule has 1 heterocycles. The largest absolute Gasteiger partial charge is 0.484 e. The molecule has 0 saturated heterocycles. The Hall–Kier alpha value is -3.15. The number of aromatic nitrogens is 2. The van der Waals surface area contributed by atoms with Crippen molar-refractivity contribution in [1.29, 1.82) is 0 Å². The molecular formula is C16H13N3O3. The van der Waals surface area contributed by atoms with Crippen molar-refractivity contribution in [3.05, 3.63) is 60.7 Å². The standard InChI is InChI=1S/C16H13N3O3/c20-14(11-21-13-9-5-2-6-10-13)17-16-18-15(22-19-16)12-7-3-1-4-8-12/h1-10H,11H2,(H,17,19,20). The van der Waals surface area contributed by atoms with Crippen LogP contribution in [0.3, 0.4) is 0 Å². The van der Waals surface area contributed by atoms with Crippen LogP contribution in [0.2, 0.25) is 0 Å². The Morgan fingerprint density at radius 3 is 2.45 bits per heavy atom. The van der Waals surface area contributed by atoms with E-state index in [2.05, 4.69) is 15.5 Å². The summed E-state index contributed by atoms with van der Waals surface area (Å²) in [5.41, 5.74) is 0.788. The number of nitrogens with one attached hydrogen (secondary N) is 1. The lowest BCUT2D eigenvalue weighted by Crippen LogP contribution is -2.20. The molecule has 1 amide bonds. The minimum Gasteiger partial charge on any atom is -0.484 e. The second-order valence-corrected chi connectivity index (χ2v) is 4.44. The van der Waals surface area contributed by atoms with E-state index in [9.17, 15) is 4.79 Å². The van der Waals surface area contributed by atoms with Gasteiger partial charge in [0, 0.05) is 5.56 Å². The third-order valence-electron chi connectivity index (χ3n) is 2.81. The molecule has 0 bridgehead atoms. The quantitative estimate of drug-likeness (QED) is 0.783. The first-order chi connectivity index (χ1) is 10.8. The van der Waals surface area contributed by atoms with E-state index in [1.54, 1.807) is 12.1 Å². The van der Waals surface area contributed by atoms with Gasteiger partial charge >= 0.3 is 0 Å². The summed E-state index contributed by atoms with van der Waals surface area (Å²) < 4.78 is 10.4. The number of hydrogen-bond acceptors (Lipinski definition) is 5. The lowest BCUT2D eigenvalue weighted by molar-refractivity contribution is -0.118. The van der Waals surface area contributed by atoms with E-state index >= 15 is 0 Å². The highest BCUT2D eigenvalue weighted by atomic mass is 16.5. The van der Waals surface area contributed by atoms with Crippen molar-refractivity contribution in [1.82, 2.24) is 10.1 Å². The lowest BCUT2D eigenvalue weighted by atomic mass is 10.2. The molecule has 6 nitrogen and oxygen atoms in total. The number of para-hydroxylation sites is 1. The van der Waals surface area contributed by atoms with Crippen molar-refractivity contribution in [2.75, 3.05) is 11.9 Å². The number of hydrogen-bond donors (Lipinski definition) is 1. The Morgan fingerprint density at radius 2 is 1.73 bits per heavy atom. The van der Waals surface area contributed by atoms with E-state index in [1.165, 1.54) is 0 Å². The van der Waals surface area contributed by atoms with Crippen LogP contribution in [0.25, 0.3) is 11.5 Å². The van der Waals surface area contributed by atoms with E-state index in [4.69, 9.17) is 9.26 Å². The molecule has 0 aliphatic carbocycles. The van der Waals surface area contributed by atoms with Gasteiger partial charge in [-0.1, -0.05) is 36.4 Å². The Balaban J connectivity index is 1.57. The van der Waals surface area contributed by atoms with Gasteiger partial charge in [-0.3, -0.25) is 10.1 Å². The third kappa shape index (κ3) is 3.49. The lowest BCUT2D eigenvalue weighted by Gasteiger charge is -2.04. The van der Waals surface area contributed by atoms with Crippen LogP contribution < -0.4 is 10.1 Å². The maximum Gasteiger partial charge on any atom is 0.270 e. The van der Waals surface area contributed by atoms with Gasteiger partial charge in [0.25, 0.3) is 17.7 Å². The second-order valence-electron chi connectivity index (χ2n) is 4.44. The van der Waals surface area contributed by atoms with Gasteiger partial charge in [0.05, 0.1) is 0 Å². The zero-order chi connectivity index (χ0) is 15.2. The number of anilines is 1.